The van der Waals surface area contributed by atoms with E-state index in [-0.39, 0.29) is 5.97 Å². The van der Waals surface area contributed by atoms with Gasteiger partial charge in [-0.3, -0.25) is 9.59 Å². The molecule has 0 spiro atoms. The minimum Gasteiger partial charge on any atom is -0.481 e. The number of carbonyl (C=O) groups is 2. The summed E-state index contributed by atoms with van der Waals surface area (Å²) in [5.74, 6) is 0.0259. The largest absolute Gasteiger partial charge is 0.481 e. The Bertz CT molecular complexity index is 428. The number of esters is 1. The normalized spacial score (nSPS) is 11.9. The van der Waals surface area contributed by atoms with Crippen LogP contribution in [0.25, 0.3) is 0 Å². The smallest absolute Gasteiger partial charge is 0.310 e. The van der Waals surface area contributed by atoms with Crippen molar-refractivity contribution in [3.8, 4) is 0 Å². The number of carbonyl (C=O) groups excluding carboxylic acids is 1. The third kappa shape index (κ3) is 5.34. The van der Waals surface area contributed by atoms with Crippen LogP contribution in [-0.2, 0) is 20.1 Å². The Morgan fingerprint density at radius 3 is 2.47 bits per heavy atom. The Balaban J connectivity index is 2.40. The molecular weight excluding hydrogens is 264 g/mol. The summed E-state index contributed by atoms with van der Waals surface area (Å²) in [4.78, 5) is 21.8. The number of hydrogen-bond donors (Lipinski definition) is 1. The third-order valence-corrected chi connectivity index (χ3v) is 3.83. The lowest BCUT2D eigenvalue weighted by atomic mass is 10.0. The minimum atomic E-state index is -0.819. The number of carboxylic acid groups (broad SMARTS) is 1. The molecule has 104 valence electrons. The molecule has 0 saturated heterocycles. The maximum absolute atomic E-state index is 10.9. The molecule has 0 aliphatic carbocycles. The molecule has 0 radical (unpaired) electrons. The number of hydrogen-bond acceptors (Lipinski definition) is 4. The maximum Gasteiger partial charge on any atom is 0.310 e. The number of methoxy groups -OCH3 is 1. The standard InChI is InChI=1S/C14H18O4S/c1-10(14(16)17)12-5-3-11(4-6-12)9-19-8-7-13(15)18-2/h3-6,10H,7-9H2,1-2H3,(H,16,17). The van der Waals surface area contributed by atoms with Crippen molar-refractivity contribution < 1.29 is 19.4 Å². The fraction of sp³-hybridized carbons (Fsp3) is 0.429. The molecule has 1 aromatic rings. The Kier molecular flexibility index (Phi) is 6.42. The van der Waals surface area contributed by atoms with E-state index in [4.69, 9.17) is 5.11 Å². The molecule has 4 nitrogen and oxygen atoms in total. The van der Waals surface area contributed by atoms with Crippen LogP contribution in [0, 0.1) is 0 Å². The SMILES string of the molecule is COC(=O)CCSCc1ccc(C(C)C(=O)O)cc1. The average molecular weight is 282 g/mol. The first-order valence-electron chi connectivity index (χ1n) is 6.00. The summed E-state index contributed by atoms with van der Waals surface area (Å²) in [5.41, 5.74) is 1.92. The topological polar surface area (TPSA) is 63.6 Å². The van der Waals surface area contributed by atoms with Gasteiger partial charge in [0.1, 0.15) is 0 Å². The van der Waals surface area contributed by atoms with Crippen LogP contribution in [0.5, 0.6) is 0 Å². The highest BCUT2D eigenvalue weighted by Crippen LogP contribution is 2.19. The number of ether oxygens (including phenoxy) is 1. The predicted octanol–water partition coefficient (Wildman–Crippen LogP) is 2.67. The molecule has 0 fully saturated rings. The fourth-order valence-electron chi connectivity index (χ4n) is 1.49. The molecule has 0 saturated carbocycles. The van der Waals surface area contributed by atoms with Crippen molar-refractivity contribution >= 4 is 23.7 Å². The van der Waals surface area contributed by atoms with Crippen molar-refractivity contribution in [1.82, 2.24) is 0 Å². The third-order valence-electron chi connectivity index (χ3n) is 2.80. The van der Waals surface area contributed by atoms with E-state index >= 15 is 0 Å². The van der Waals surface area contributed by atoms with E-state index in [0.717, 1.165) is 22.6 Å². The monoisotopic (exact) mass is 282 g/mol. The molecule has 0 aliphatic rings. The van der Waals surface area contributed by atoms with E-state index in [1.165, 1.54) is 7.11 Å². The van der Waals surface area contributed by atoms with Gasteiger partial charge in [0.25, 0.3) is 0 Å². The lowest BCUT2D eigenvalue weighted by Crippen LogP contribution is -2.07. The fourth-order valence-corrected chi connectivity index (χ4v) is 2.38. The van der Waals surface area contributed by atoms with E-state index in [9.17, 15) is 9.59 Å². The summed E-state index contributed by atoms with van der Waals surface area (Å²) in [6.45, 7) is 1.67. The number of rotatable bonds is 7. The van der Waals surface area contributed by atoms with E-state index in [2.05, 4.69) is 4.74 Å². The quantitative estimate of drug-likeness (QED) is 0.615. The van der Waals surface area contributed by atoms with Gasteiger partial charge in [-0.2, -0.15) is 11.8 Å². The first-order chi connectivity index (χ1) is 9.04. The van der Waals surface area contributed by atoms with Gasteiger partial charge in [-0.15, -0.1) is 0 Å². The molecular formula is C14H18O4S. The molecule has 5 heteroatoms. The number of carboxylic acids is 1. The Morgan fingerprint density at radius 1 is 1.32 bits per heavy atom. The van der Waals surface area contributed by atoms with Crippen LogP contribution in [0.15, 0.2) is 24.3 Å². The molecule has 0 aliphatic heterocycles. The average Bonchev–Trinajstić information content (AvgIpc) is 2.43. The van der Waals surface area contributed by atoms with Crippen LogP contribution in [0.4, 0.5) is 0 Å². The van der Waals surface area contributed by atoms with Gasteiger partial charge < -0.3 is 9.84 Å². The molecule has 1 aromatic carbocycles. The Morgan fingerprint density at radius 2 is 1.95 bits per heavy atom. The van der Waals surface area contributed by atoms with Gasteiger partial charge in [-0.1, -0.05) is 24.3 Å². The van der Waals surface area contributed by atoms with Gasteiger partial charge in [0.2, 0.25) is 0 Å². The molecule has 19 heavy (non-hydrogen) atoms. The zero-order chi connectivity index (χ0) is 14.3. The summed E-state index contributed by atoms with van der Waals surface area (Å²) in [6.07, 6.45) is 0.412. The Hall–Kier alpha value is -1.49. The van der Waals surface area contributed by atoms with Crippen LogP contribution >= 0.6 is 11.8 Å². The van der Waals surface area contributed by atoms with Gasteiger partial charge in [0, 0.05) is 11.5 Å². The van der Waals surface area contributed by atoms with Gasteiger partial charge in [0.15, 0.2) is 0 Å². The second-order valence-corrected chi connectivity index (χ2v) is 5.29. The summed E-state index contributed by atoms with van der Waals surface area (Å²) >= 11 is 1.65. The summed E-state index contributed by atoms with van der Waals surface area (Å²) < 4.78 is 4.56. The van der Waals surface area contributed by atoms with Crippen LogP contribution in [0.2, 0.25) is 0 Å². The van der Waals surface area contributed by atoms with Crippen molar-refractivity contribution in [3.63, 3.8) is 0 Å². The zero-order valence-corrected chi connectivity index (χ0v) is 11.9. The van der Waals surface area contributed by atoms with Gasteiger partial charge in [0.05, 0.1) is 19.4 Å². The Labute approximate surface area is 117 Å². The molecule has 1 rings (SSSR count). The van der Waals surface area contributed by atoms with Crippen LogP contribution in [0.3, 0.4) is 0 Å². The molecule has 1 unspecified atom stereocenters. The van der Waals surface area contributed by atoms with Gasteiger partial charge in [-0.05, 0) is 18.1 Å². The predicted molar refractivity (Wildman–Crippen MR) is 75.3 cm³/mol. The van der Waals surface area contributed by atoms with E-state index < -0.39 is 11.9 Å². The number of benzene rings is 1. The molecule has 0 aromatic heterocycles. The second-order valence-electron chi connectivity index (χ2n) is 4.18. The van der Waals surface area contributed by atoms with Crippen LogP contribution in [0.1, 0.15) is 30.4 Å². The summed E-state index contributed by atoms with van der Waals surface area (Å²) in [5, 5.41) is 8.91. The molecule has 0 amide bonds. The summed E-state index contributed by atoms with van der Waals surface area (Å²) in [6, 6.07) is 7.55. The lowest BCUT2D eigenvalue weighted by Gasteiger charge is -2.07. The molecule has 1 atom stereocenters. The molecule has 0 heterocycles. The van der Waals surface area contributed by atoms with Crippen molar-refractivity contribution in [2.45, 2.75) is 25.0 Å². The van der Waals surface area contributed by atoms with E-state index in [1.54, 1.807) is 18.7 Å². The minimum absolute atomic E-state index is 0.196. The first-order valence-corrected chi connectivity index (χ1v) is 7.16. The highest BCUT2D eigenvalue weighted by molar-refractivity contribution is 7.98. The van der Waals surface area contributed by atoms with Crippen LogP contribution in [-0.4, -0.2) is 29.9 Å². The maximum atomic E-state index is 10.9. The van der Waals surface area contributed by atoms with Crippen molar-refractivity contribution in [2.24, 2.45) is 0 Å². The van der Waals surface area contributed by atoms with Crippen molar-refractivity contribution in [3.05, 3.63) is 35.4 Å². The van der Waals surface area contributed by atoms with E-state index in [1.807, 2.05) is 24.3 Å². The lowest BCUT2D eigenvalue weighted by molar-refractivity contribution is -0.140. The van der Waals surface area contributed by atoms with Crippen LogP contribution < -0.4 is 0 Å². The number of aliphatic carboxylic acids is 1. The van der Waals surface area contributed by atoms with E-state index in [0.29, 0.717) is 6.42 Å². The first kappa shape index (κ1) is 15.6. The number of thioether (sulfide) groups is 1. The van der Waals surface area contributed by atoms with Gasteiger partial charge >= 0.3 is 11.9 Å². The zero-order valence-electron chi connectivity index (χ0n) is 11.1. The summed E-state index contributed by atoms with van der Waals surface area (Å²) in [7, 11) is 1.38. The highest BCUT2D eigenvalue weighted by atomic mass is 32.2. The molecule has 0 bridgehead atoms. The second kappa shape index (κ2) is 7.84. The molecule has 1 N–H and O–H groups in total. The van der Waals surface area contributed by atoms with Gasteiger partial charge in [-0.25, -0.2) is 0 Å². The van der Waals surface area contributed by atoms with Crippen molar-refractivity contribution in [1.29, 1.82) is 0 Å². The highest BCUT2D eigenvalue weighted by Gasteiger charge is 2.12. The van der Waals surface area contributed by atoms with Crippen molar-refractivity contribution in [2.75, 3.05) is 12.9 Å².